The number of hydrogen-bond acceptors (Lipinski definition) is 2. The van der Waals surface area contributed by atoms with Gasteiger partial charge in [-0.2, -0.15) is 0 Å². The highest BCUT2D eigenvalue weighted by Gasteiger charge is 2.10. The lowest BCUT2D eigenvalue weighted by Crippen LogP contribution is -2.00. The number of carbonyl (C=O) groups is 1. The Bertz CT molecular complexity index is 564. The van der Waals surface area contributed by atoms with Crippen LogP contribution in [0.4, 0.5) is 0 Å². The maximum absolute atomic E-state index is 11.1. The van der Waals surface area contributed by atoms with Gasteiger partial charge >= 0.3 is 5.97 Å². The topological polar surface area (TPSA) is 26.3 Å². The molecule has 0 heterocycles. The van der Waals surface area contributed by atoms with Crippen LogP contribution in [-0.2, 0) is 16.0 Å². The van der Waals surface area contributed by atoms with Crippen molar-refractivity contribution in [3.8, 4) is 0 Å². The number of rotatable bonds is 6. The highest BCUT2D eigenvalue weighted by Crippen LogP contribution is 2.28. The molecule has 110 valence electrons. The summed E-state index contributed by atoms with van der Waals surface area (Å²) in [7, 11) is 1.42. The van der Waals surface area contributed by atoms with Gasteiger partial charge in [0.25, 0.3) is 0 Å². The molecule has 21 heavy (non-hydrogen) atoms. The number of alkyl halides is 1. The average Bonchev–Trinajstić information content (AvgIpc) is 2.55. The summed E-state index contributed by atoms with van der Waals surface area (Å²) in [5.74, 6) is -0.156. The molecule has 1 atom stereocenters. The molecule has 0 saturated carbocycles. The first kappa shape index (κ1) is 15.6. The lowest BCUT2D eigenvalue weighted by molar-refractivity contribution is -0.140. The van der Waals surface area contributed by atoms with Gasteiger partial charge in [-0.15, -0.1) is 11.6 Å². The molecule has 2 aromatic rings. The van der Waals surface area contributed by atoms with E-state index in [1.165, 1.54) is 12.7 Å². The van der Waals surface area contributed by atoms with E-state index in [1.807, 2.05) is 30.3 Å². The summed E-state index contributed by atoms with van der Waals surface area (Å²) in [6, 6.07) is 18.3. The first-order valence-corrected chi connectivity index (χ1v) is 7.49. The zero-order valence-electron chi connectivity index (χ0n) is 12.1. The highest BCUT2D eigenvalue weighted by molar-refractivity contribution is 6.22. The third-order valence-electron chi connectivity index (χ3n) is 3.44. The van der Waals surface area contributed by atoms with E-state index in [2.05, 4.69) is 29.0 Å². The Kier molecular flexibility index (Phi) is 5.82. The van der Waals surface area contributed by atoms with Crippen molar-refractivity contribution in [2.45, 2.75) is 24.6 Å². The van der Waals surface area contributed by atoms with Crippen molar-refractivity contribution < 1.29 is 9.53 Å². The fourth-order valence-corrected chi connectivity index (χ4v) is 2.50. The van der Waals surface area contributed by atoms with E-state index in [4.69, 9.17) is 11.6 Å². The third kappa shape index (κ3) is 4.61. The minimum Gasteiger partial charge on any atom is -0.469 e. The second-order valence-electron chi connectivity index (χ2n) is 4.94. The zero-order valence-corrected chi connectivity index (χ0v) is 12.8. The van der Waals surface area contributed by atoms with Gasteiger partial charge in [-0.05, 0) is 29.5 Å². The maximum atomic E-state index is 11.1. The first-order valence-electron chi connectivity index (χ1n) is 7.05. The average molecular weight is 303 g/mol. The van der Waals surface area contributed by atoms with Crippen molar-refractivity contribution in [3.63, 3.8) is 0 Å². The normalized spacial score (nSPS) is 11.9. The highest BCUT2D eigenvalue weighted by atomic mass is 35.5. The molecule has 3 heteroatoms. The van der Waals surface area contributed by atoms with Gasteiger partial charge < -0.3 is 4.74 Å². The molecule has 0 radical (unpaired) electrons. The number of aryl methyl sites for hydroxylation is 1. The molecule has 0 amide bonds. The minimum absolute atomic E-state index is 0.129. The Hall–Kier alpha value is -1.80. The number of ether oxygens (including phenoxy) is 1. The van der Waals surface area contributed by atoms with Gasteiger partial charge in [0, 0.05) is 6.42 Å². The van der Waals surface area contributed by atoms with E-state index in [-0.39, 0.29) is 11.3 Å². The molecule has 0 aliphatic heterocycles. The van der Waals surface area contributed by atoms with Crippen LogP contribution in [0.1, 0.15) is 34.9 Å². The molecule has 0 aliphatic rings. The summed E-state index contributed by atoms with van der Waals surface area (Å²) in [5, 5.41) is -0.129. The summed E-state index contributed by atoms with van der Waals surface area (Å²) < 4.78 is 4.63. The van der Waals surface area contributed by atoms with Crippen molar-refractivity contribution in [3.05, 3.63) is 71.3 Å². The van der Waals surface area contributed by atoms with Crippen LogP contribution in [0.2, 0.25) is 0 Å². The Balaban J connectivity index is 1.94. The van der Waals surface area contributed by atoms with Gasteiger partial charge in [-0.25, -0.2) is 0 Å². The van der Waals surface area contributed by atoms with E-state index in [1.54, 1.807) is 0 Å². The smallest absolute Gasteiger partial charge is 0.305 e. The number of methoxy groups -OCH3 is 1. The van der Waals surface area contributed by atoms with Crippen molar-refractivity contribution in [2.24, 2.45) is 0 Å². The fourth-order valence-electron chi connectivity index (χ4n) is 2.21. The minimum atomic E-state index is -0.156. The molecule has 0 spiro atoms. The molecule has 2 nitrogen and oxygen atoms in total. The Labute approximate surface area is 130 Å². The summed E-state index contributed by atoms with van der Waals surface area (Å²) in [6.45, 7) is 0. The second kappa shape index (κ2) is 7.84. The molecule has 0 aromatic heterocycles. The van der Waals surface area contributed by atoms with Crippen molar-refractivity contribution in [2.75, 3.05) is 7.11 Å². The predicted molar refractivity (Wildman–Crippen MR) is 85.5 cm³/mol. The number of benzene rings is 2. The van der Waals surface area contributed by atoms with Crippen LogP contribution in [0, 0.1) is 0 Å². The Morgan fingerprint density at radius 2 is 1.67 bits per heavy atom. The molecule has 0 saturated heterocycles. The lowest BCUT2D eigenvalue weighted by Gasteiger charge is -2.11. The van der Waals surface area contributed by atoms with E-state index in [0.717, 1.165) is 24.0 Å². The van der Waals surface area contributed by atoms with Gasteiger partial charge in [-0.3, -0.25) is 4.79 Å². The Morgan fingerprint density at radius 3 is 2.29 bits per heavy atom. The first-order chi connectivity index (χ1) is 10.2. The van der Waals surface area contributed by atoms with Gasteiger partial charge in [0.1, 0.15) is 0 Å². The molecule has 0 fully saturated rings. The van der Waals surface area contributed by atoms with Crippen LogP contribution >= 0.6 is 11.6 Å². The summed E-state index contributed by atoms with van der Waals surface area (Å²) >= 11 is 6.49. The Morgan fingerprint density at radius 1 is 1.05 bits per heavy atom. The third-order valence-corrected chi connectivity index (χ3v) is 3.94. The monoisotopic (exact) mass is 302 g/mol. The molecular formula is C18H19ClO2. The number of carbonyl (C=O) groups excluding carboxylic acids is 1. The lowest BCUT2D eigenvalue weighted by atomic mass is 10.0. The number of halogens is 1. The van der Waals surface area contributed by atoms with Crippen LogP contribution in [0.3, 0.4) is 0 Å². The van der Waals surface area contributed by atoms with Gasteiger partial charge in [-0.1, -0.05) is 54.6 Å². The standard InChI is InChI=1S/C18H19ClO2/c1-21-17(20)9-5-6-14-10-12-16(13-11-14)18(19)15-7-3-2-4-8-15/h2-4,7-8,10-13,18H,5-6,9H2,1H3. The SMILES string of the molecule is COC(=O)CCCc1ccc(C(Cl)c2ccccc2)cc1. The van der Waals surface area contributed by atoms with E-state index in [9.17, 15) is 4.79 Å². The molecular weight excluding hydrogens is 284 g/mol. The van der Waals surface area contributed by atoms with Crippen molar-refractivity contribution in [1.82, 2.24) is 0 Å². The molecule has 2 rings (SSSR count). The number of hydrogen-bond donors (Lipinski definition) is 0. The van der Waals surface area contributed by atoms with Gasteiger partial charge in [0.15, 0.2) is 0 Å². The fraction of sp³-hybridized carbons (Fsp3) is 0.278. The summed E-state index contributed by atoms with van der Waals surface area (Å²) in [5.41, 5.74) is 3.39. The van der Waals surface area contributed by atoms with E-state index < -0.39 is 0 Å². The quantitative estimate of drug-likeness (QED) is 0.579. The molecule has 2 aromatic carbocycles. The van der Waals surface area contributed by atoms with Crippen molar-refractivity contribution >= 4 is 17.6 Å². The van der Waals surface area contributed by atoms with Gasteiger partial charge in [0.05, 0.1) is 12.5 Å². The molecule has 0 aliphatic carbocycles. The molecule has 0 N–H and O–H groups in total. The van der Waals surface area contributed by atoms with Crippen LogP contribution in [0.5, 0.6) is 0 Å². The molecule has 1 unspecified atom stereocenters. The zero-order chi connectivity index (χ0) is 15.1. The van der Waals surface area contributed by atoms with E-state index in [0.29, 0.717) is 6.42 Å². The van der Waals surface area contributed by atoms with Gasteiger partial charge in [0.2, 0.25) is 0 Å². The molecule has 0 bridgehead atoms. The van der Waals surface area contributed by atoms with E-state index >= 15 is 0 Å². The van der Waals surface area contributed by atoms with Crippen LogP contribution in [0.15, 0.2) is 54.6 Å². The largest absolute Gasteiger partial charge is 0.469 e. The maximum Gasteiger partial charge on any atom is 0.305 e. The van der Waals surface area contributed by atoms with Crippen LogP contribution in [0.25, 0.3) is 0 Å². The second-order valence-corrected chi connectivity index (χ2v) is 5.38. The summed E-state index contributed by atoms with van der Waals surface area (Å²) in [4.78, 5) is 11.1. The summed E-state index contributed by atoms with van der Waals surface area (Å²) in [6.07, 6.45) is 2.13. The number of esters is 1. The van der Waals surface area contributed by atoms with Crippen molar-refractivity contribution in [1.29, 1.82) is 0 Å². The van der Waals surface area contributed by atoms with Crippen LogP contribution in [-0.4, -0.2) is 13.1 Å². The predicted octanol–water partition coefficient (Wildman–Crippen LogP) is 4.51. The van der Waals surface area contributed by atoms with Crippen LogP contribution < -0.4 is 0 Å².